The highest BCUT2D eigenvalue weighted by atomic mass is 35.5. The number of rotatable bonds is 2. The number of nitrogens with zero attached hydrogens (tertiary/aromatic N) is 1. The molecule has 0 aromatic heterocycles. The second kappa shape index (κ2) is 5.49. The predicted octanol–water partition coefficient (Wildman–Crippen LogP) is 4.55. The number of nitrogens with one attached hydrogen (secondary N) is 1. The van der Waals surface area contributed by atoms with Gasteiger partial charge in [-0.25, -0.2) is 4.39 Å². The molecular formula is C13H16ClFN2S. The maximum atomic E-state index is 13.2. The van der Waals surface area contributed by atoms with Gasteiger partial charge in [-0.3, -0.25) is 4.99 Å². The summed E-state index contributed by atoms with van der Waals surface area (Å²) >= 11 is 7.49. The second-order valence-corrected chi connectivity index (χ2v) is 6.17. The Morgan fingerprint density at radius 2 is 2.28 bits per heavy atom. The minimum Gasteiger partial charge on any atom is -0.335 e. The van der Waals surface area contributed by atoms with E-state index in [1.807, 2.05) is 0 Å². The molecule has 1 N–H and O–H groups in total. The van der Waals surface area contributed by atoms with E-state index >= 15 is 0 Å². The van der Waals surface area contributed by atoms with E-state index in [0.29, 0.717) is 10.7 Å². The molecular weight excluding hydrogens is 271 g/mol. The van der Waals surface area contributed by atoms with Gasteiger partial charge in [0.05, 0.1) is 5.54 Å². The molecule has 98 valence electrons. The molecule has 0 saturated heterocycles. The van der Waals surface area contributed by atoms with Crippen molar-refractivity contribution in [3.63, 3.8) is 0 Å². The molecule has 1 aliphatic heterocycles. The monoisotopic (exact) mass is 286 g/mol. The van der Waals surface area contributed by atoms with Crippen LogP contribution in [-0.2, 0) is 0 Å². The van der Waals surface area contributed by atoms with Crippen molar-refractivity contribution in [2.75, 3.05) is 11.1 Å². The Morgan fingerprint density at radius 1 is 1.50 bits per heavy atom. The van der Waals surface area contributed by atoms with Crippen LogP contribution >= 0.6 is 23.4 Å². The van der Waals surface area contributed by atoms with Crippen molar-refractivity contribution in [3.05, 3.63) is 29.0 Å². The molecule has 2 nitrogen and oxygen atoms in total. The van der Waals surface area contributed by atoms with E-state index in [9.17, 15) is 4.39 Å². The van der Waals surface area contributed by atoms with Crippen LogP contribution in [0.3, 0.4) is 0 Å². The molecule has 2 rings (SSSR count). The normalized spacial score (nSPS) is 23.7. The molecule has 0 radical (unpaired) electrons. The Labute approximate surface area is 116 Å². The first-order chi connectivity index (χ1) is 8.50. The van der Waals surface area contributed by atoms with Gasteiger partial charge in [-0.1, -0.05) is 30.3 Å². The Kier molecular flexibility index (Phi) is 4.17. The molecule has 0 fully saturated rings. The summed E-state index contributed by atoms with van der Waals surface area (Å²) in [7, 11) is 0. The lowest BCUT2D eigenvalue weighted by Gasteiger charge is -2.29. The summed E-state index contributed by atoms with van der Waals surface area (Å²) in [6.45, 7) is 4.28. The van der Waals surface area contributed by atoms with E-state index < -0.39 is 0 Å². The van der Waals surface area contributed by atoms with Crippen LogP contribution in [0.2, 0.25) is 5.02 Å². The lowest BCUT2D eigenvalue weighted by atomic mass is 9.97. The highest BCUT2D eigenvalue weighted by molar-refractivity contribution is 8.14. The van der Waals surface area contributed by atoms with Gasteiger partial charge in [0, 0.05) is 16.5 Å². The fourth-order valence-corrected chi connectivity index (χ4v) is 3.20. The molecule has 1 aromatic carbocycles. The van der Waals surface area contributed by atoms with Crippen LogP contribution in [0.5, 0.6) is 0 Å². The first kappa shape index (κ1) is 13.7. The Bertz CT molecular complexity index is 458. The lowest BCUT2D eigenvalue weighted by Crippen LogP contribution is -2.29. The summed E-state index contributed by atoms with van der Waals surface area (Å²) in [5.41, 5.74) is 0.636. The summed E-state index contributed by atoms with van der Waals surface area (Å²) in [5, 5.41) is 4.37. The molecule has 1 heterocycles. The molecule has 1 aliphatic rings. The number of amidine groups is 1. The molecule has 0 spiro atoms. The van der Waals surface area contributed by atoms with Crippen LogP contribution in [0.1, 0.15) is 26.7 Å². The first-order valence-electron chi connectivity index (χ1n) is 5.96. The third-order valence-electron chi connectivity index (χ3n) is 3.13. The number of hydrogen-bond acceptors (Lipinski definition) is 3. The number of halogens is 2. The van der Waals surface area contributed by atoms with E-state index in [0.717, 1.165) is 23.8 Å². The number of thioether (sulfide) groups is 1. The zero-order chi connectivity index (χ0) is 13.2. The summed E-state index contributed by atoms with van der Waals surface area (Å²) in [5.74, 6) is 0.684. The highest BCUT2D eigenvalue weighted by Crippen LogP contribution is 2.30. The van der Waals surface area contributed by atoms with Crippen LogP contribution in [0.25, 0.3) is 0 Å². The van der Waals surface area contributed by atoms with Crippen molar-refractivity contribution in [2.45, 2.75) is 32.2 Å². The van der Waals surface area contributed by atoms with Crippen LogP contribution in [0, 0.1) is 5.82 Å². The van der Waals surface area contributed by atoms with Gasteiger partial charge in [-0.15, -0.1) is 0 Å². The average Bonchev–Trinajstić information content (AvgIpc) is 2.27. The molecule has 5 heteroatoms. The molecule has 18 heavy (non-hydrogen) atoms. The molecule has 1 atom stereocenters. The van der Waals surface area contributed by atoms with Crippen molar-refractivity contribution in [3.8, 4) is 0 Å². The van der Waals surface area contributed by atoms with Crippen molar-refractivity contribution >= 4 is 34.2 Å². The fourth-order valence-electron chi connectivity index (χ4n) is 1.77. The molecule has 0 bridgehead atoms. The highest BCUT2D eigenvalue weighted by Gasteiger charge is 2.25. The van der Waals surface area contributed by atoms with Crippen molar-refractivity contribution in [2.24, 2.45) is 4.99 Å². The van der Waals surface area contributed by atoms with Crippen LogP contribution < -0.4 is 5.32 Å². The smallest absolute Gasteiger partial charge is 0.161 e. The Balaban J connectivity index is 2.18. The zero-order valence-electron chi connectivity index (χ0n) is 10.5. The molecule has 0 aliphatic carbocycles. The van der Waals surface area contributed by atoms with Gasteiger partial charge in [0.1, 0.15) is 5.82 Å². The lowest BCUT2D eigenvalue weighted by molar-refractivity contribution is 0.443. The van der Waals surface area contributed by atoms with E-state index in [1.165, 1.54) is 12.1 Å². The zero-order valence-corrected chi connectivity index (χ0v) is 12.0. The number of anilines is 1. The number of aliphatic imine (C=N–C) groups is 1. The number of benzene rings is 1. The van der Waals surface area contributed by atoms with Gasteiger partial charge in [0.25, 0.3) is 0 Å². The van der Waals surface area contributed by atoms with Gasteiger partial charge >= 0.3 is 0 Å². The van der Waals surface area contributed by atoms with Crippen LogP contribution in [0.15, 0.2) is 23.2 Å². The van der Waals surface area contributed by atoms with Crippen molar-refractivity contribution in [1.82, 2.24) is 0 Å². The summed E-state index contributed by atoms with van der Waals surface area (Å²) in [6, 6.07) is 4.41. The van der Waals surface area contributed by atoms with Gasteiger partial charge in [0.15, 0.2) is 5.17 Å². The minimum atomic E-state index is -0.343. The van der Waals surface area contributed by atoms with E-state index in [1.54, 1.807) is 17.8 Å². The third-order valence-corrected chi connectivity index (χ3v) is 4.22. The molecule has 0 amide bonds. The summed E-state index contributed by atoms with van der Waals surface area (Å²) in [6.07, 6.45) is 2.08. The average molecular weight is 287 g/mol. The minimum absolute atomic E-state index is 0.00922. The van der Waals surface area contributed by atoms with E-state index in [4.69, 9.17) is 11.6 Å². The largest absolute Gasteiger partial charge is 0.335 e. The maximum Gasteiger partial charge on any atom is 0.161 e. The van der Waals surface area contributed by atoms with E-state index in [2.05, 4.69) is 24.2 Å². The summed E-state index contributed by atoms with van der Waals surface area (Å²) in [4.78, 5) is 4.69. The van der Waals surface area contributed by atoms with E-state index in [-0.39, 0.29) is 11.4 Å². The van der Waals surface area contributed by atoms with Crippen molar-refractivity contribution < 1.29 is 4.39 Å². The topological polar surface area (TPSA) is 24.4 Å². The SMILES string of the molecule is CCC1(C)CCSC(Nc2cc(F)cc(Cl)c2)=N1. The Hall–Kier alpha value is -0.740. The maximum absolute atomic E-state index is 13.2. The van der Waals surface area contributed by atoms with Crippen molar-refractivity contribution in [1.29, 1.82) is 0 Å². The van der Waals surface area contributed by atoms with Gasteiger partial charge in [-0.2, -0.15) is 0 Å². The molecule has 1 unspecified atom stereocenters. The van der Waals surface area contributed by atoms with Crippen LogP contribution in [-0.4, -0.2) is 16.5 Å². The standard InChI is InChI=1S/C13H16ClFN2S/c1-3-13(2)4-5-18-12(17-13)16-11-7-9(14)6-10(15)8-11/h6-8H,3-5H2,1-2H3,(H,16,17). The third kappa shape index (κ3) is 3.39. The van der Waals surface area contributed by atoms with Gasteiger partial charge in [-0.05, 0) is 38.0 Å². The van der Waals surface area contributed by atoms with Crippen LogP contribution in [0.4, 0.5) is 10.1 Å². The summed E-state index contributed by atoms with van der Waals surface area (Å²) < 4.78 is 13.2. The fraction of sp³-hybridized carbons (Fsp3) is 0.462. The quantitative estimate of drug-likeness (QED) is 0.862. The first-order valence-corrected chi connectivity index (χ1v) is 7.33. The number of hydrogen-bond donors (Lipinski definition) is 1. The Morgan fingerprint density at radius 3 is 2.94 bits per heavy atom. The molecule has 0 saturated carbocycles. The molecule has 1 aromatic rings. The van der Waals surface area contributed by atoms with Gasteiger partial charge < -0.3 is 5.32 Å². The van der Waals surface area contributed by atoms with Gasteiger partial charge in [0.2, 0.25) is 0 Å². The predicted molar refractivity (Wildman–Crippen MR) is 78.2 cm³/mol. The second-order valence-electron chi connectivity index (χ2n) is 4.65.